The van der Waals surface area contributed by atoms with E-state index in [-0.39, 0.29) is 12.6 Å². The summed E-state index contributed by atoms with van der Waals surface area (Å²) in [6.07, 6.45) is -1.58. The Morgan fingerprint density at radius 3 is 2.40 bits per heavy atom. The van der Waals surface area contributed by atoms with Gasteiger partial charge in [0.1, 0.15) is 0 Å². The average Bonchev–Trinajstić information content (AvgIpc) is 2.13. The van der Waals surface area contributed by atoms with Crippen molar-refractivity contribution in [3.05, 3.63) is 0 Å². The molecular weight excluding hydrogens is 205 g/mol. The summed E-state index contributed by atoms with van der Waals surface area (Å²) in [5.41, 5.74) is 0. The lowest BCUT2D eigenvalue weighted by atomic mass is 10.1. The highest BCUT2D eigenvalue weighted by Crippen LogP contribution is 2.25. The van der Waals surface area contributed by atoms with E-state index in [1.165, 1.54) is 6.07 Å². The van der Waals surface area contributed by atoms with Crippen LogP contribution in [0.5, 0.6) is 0 Å². The second kappa shape index (κ2) is 6.67. The number of alkyl halides is 3. The van der Waals surface area contributed by atoms with Crippen LogP contribution in [-0.2, 0) is 0 Å². The van der Waals surface area contributed by atoms with Crippen molar-refractivity contribution in [2.45, 2.75) is 45.3 Å². The fraction of sp³-hybridized carbons (Fsp3) is 0.900. The van der Waals surface area contributed by atoms with E-state index in [2.05, 4.69) is 5.32 Å². The summed E-state index contributed by atoms with van der Waals surface area (Å²) < 4.78 is 36.5. The quantitative estimate of drug-likeness (QED) is 0.750. The molecule has 0 aliphatic rings. The van der Waals surface area contributed by atoms with E-state index in [4.69, 9.17) is 5.26 Å². The molecule has 2 atom stereocenters. The second-order valence-electron chi connectivity index (χ2n) is 3.67. The van der Waals surface area contributed by atoms with Gasteiger partial charge in [-0.3, -0.25) is 0 Å². The van der Waals surface area contributed by atoms with Crippen molar-refractivity contribution >= 4 is 0 Å². The molecule has 0 bridgehead atoms. The molecule has 0 saturated heterocycles. The molecule has 0 amide bonds. The average molecular weight is 222 g/mol. The molecule has 0 aromatic heterocycles. The Labute approximate surface area is 88.5 Å². The van der Waals surface area contributed by atoms with Crippen LogP contribution in [0.1, 0.15) is 33.1 Å². The molecule has 0 saturated carbocycles. The first kappa shape index (κ1) is 14.2. The lowest BCUT2D eigenvalue weighted by Gasteiger charge is -2.17. The van der Waals surface area contributed by atoms with E-state index in [0.29, 0.717) is 0 Å². The Morgan fingerprint density at radius 2 is 2.00 bits per heavy atom. The van der Waals surface area contributed by atoms with Gasteiger partial charge < -0.3 is 5.32 Å². The van der Waals surface area contributed by atoms with Gasteiger partial charge >= 0.3 is 6.18 Å². The maximum absolute atomic E-state index is 12.2. The van der Waals surface area contributed by atoms with E-state index in [1.807, 2.05) is 13.8 Å². The number of halogens is 3. The smallest absolute Gasteiger partial charge is 0.313 e. The zero-order chi connectivity index (χ0) is 11.9. The molecule has 0 aromatic rings. The van der Waals surface area contributed by atoms with Crippen LogP contribution < -0.4 is 5.32 Å². The van der Waals surface area contributed by atoms with Gasteiger partial charge in [0.2, 0.25) is 0 Å². The van der Waals surface area contributed by atoms with Gasteiger partial charge in [-0.25, -0.2) is 0 Å². The fourth-order valence-corrected chi connectivity index (χ4v) is 1.17. The topological polar surface area (TPSA) is 35.8 Å². The first-order valence-corrected chi connectivity index (χ1v) is 5.11. The van der Waals surface area contributed by atoms with Crippen LogP contribution in [0.25, 0.3) is 0 Å². The standard InChI is InChI=1S/C10H17F3N2/c1-3-4-5-8(2)15-7-9(6-14)10(11,12)13/h8-9,15H,3-5,7H2,1-2H3. The summed E-state index contributed by atoms with van der Waals surface area (Å²) in [5.74, 6) is -1.90. The summed E-state index contributed by atoms with van der Waals surface area (Å²) in [6, 6.07) is 1.30. The normalized spacial score (nSPS) is 15.7. The minimum absolute atomic E-state index is 0.0307. The highest BCUT2D eigenvalue weighted by Gasteiger charge is 2.39. The minimum atomic E-state index is -4.42. The number of nitrogens with zero attached hydrogens (tertiary/aromatic N) is 1. The second-order valence-corrected chi connectivity index (χ2v) is 3.67. The van der Waals surface area contributed by atoms with Crippen LogP contribution >= 0.6 is 0 Å². The van der Waals surface area contributed by atoms with Crippen molar-refractivity contribution in [2.24, 2.45) is 5.92 Å². The SMILES string of the molecule is CCCCC(C)NCC(C#N)C(F)(F)F. The third-order valence-electron chi connectivity index (χ3n) is 2.21. The minimum Gasteiger partial charge on any atom is -0.313 e. The molecule has 1 N–H and O–H groups in total. The third kappa shape index (κ3) is 6.34. The van der Waals surface area contributed by atoms with Crippen LogP contribution in [0, 0.1) is 17.2 Å². The van der Waals surface area contributed by atoms with Gasteiger partial charge in [-0.2, -0.15) is 18.4 Å². The number of nitrogens with one attached hydrogen (secondary N) is 1. The van der Waals surface area contributed by atoms with Gasteiger partial charge in [-0.05, 0) is 13.3 Å². The molecule has 0 rings (SSSR count). The summed E-state index contributed by atoms with van der Waals surface area (Å²) >= 11 is 0. The Balaban J connectivity index is 3.87. The first-order chi connectivity index (χ1) is 6.91. The molecule has 2 nitrogen and oxygen atoms in total. The molecule has 0 aromatic carbocycles. The number of nitriles is 1. The number of unbranched alkanes of at least 4 members (excludes halogenated alkanes) is 1. The van der Waals surface area contributed by atoms with Gasteiger partial charge in [0, 0.05) is 12.6 Å². The molecule has 5 heteroatoms. The molecule has 2 unspecified atom stereocenters. The van der Waals surface area contributed by atoms with Gasteiger partial charge in [-0.1, -0.05) is 19.8 Å². The van der Waals surface area contributed by atoms with Gasteiger partial charge in [-0.15, -0.1) is 0 Å². The summed E-state index contributed by atoms with van der Waals surface area (Å²) in [7, 11) is 0. The number of hydrogen-bond acceptors (Lipinski definition) is 2. The van der Waals surface area contributed by atoms with Gasteiger partial charge in [0.25, 0.3) is 0 Å². The first-order valence-electron chi connectivity index (χ1n) is 5.11. The Kier molecular flexibility index (Phi) is 6.34. The predicted molar refractivity (Wildman–Crippen MR) is 52.1 cm³/mol. The van der Waals surface area contributed by atoms with Crippen molar-refractivity contribution in [1.82, 2.24) is 5.32 Å². The van der Waals surface area contributed by atoms with E-state index in [9.17, 15) is 13.2 Å². The maximum atomic E-state index is 12.2. The molecule has 15 heavy (non-hydrogen) atoms. The van der Waals surface area contributed by atoms with Gasteiger partial charge in [0.05, 0.1) is 6.07 Å². The molecule has 0 aliphatic heterocycles. The van der Waals surface area contributed by atoms with Crippen LogP contribution in [0.2, 0.25) is 0 Å². The summed E-state index contributed by atoms with van der Waals surface area (Å²) in [6.45, 7) is 3.55. The van der Waals surface area contributed by atoms with Crippen LogP contribution in [0.4, 0.5) is 13.2 Å². The highest BCUT2D eigenvalue weighted by atomic mass is 19.4. The van der Waals surface area contributed by atoms with Crippen molar-refractivity contribution < 1.29 is 13.2 Å². The van der Waals surface area contributed by atoms with Crippen LogP contribution in [-0.4, -0.2) is 18.8 Å². The highest BCUT2D eigenvalue weighted by molar-refractivity contribution is 4.90. The van der Waals surface area contributed by atoms with Crippen molar-refractivity contribution in [3.63, 3.8) is 0 Å². The largest absolute Gasteiger partial charge is 0.405 e. The number of rotatable bonds is 6. The lowest BCUT2D eigenvalue weighted by Crippen LogP contribution is -2.36. The monoisotopic (exact) mass is 222 g/mol. The maximum Gasteiger partial charge on any atom is 0.405 e. The van der Waals surface area contributed by atoms with E-state index < -0.39 is 12.1 Å². The van der Waals surface area contributed by atoms with Crippen molar-refractivity contribution in [3.8, 4) is 6.07 Å². The Morgan fingerprint density at radius 1 is 1.40 bits per heavy atom. The molecule has 0 heterocycles. The molecule has 0 aliphatic carbocycles. The molecular formula is C10H17F3N2. The van der Waals surface area contributed by atoms with Crippen LogP contribution in [0.15, 0.2) is 0 Å². The predicted octanol–water partition coefficient (Wildman–Crippen LogP) is 2.86. The van der Waals surface area contributed by atoms with E-state index >= 15 is 0 Å². The third-order valence-corrected chi connectivity index (χ3v) is 2.21. The van der Waals surface area contributed by atoms with Crippen molar-refractivity contribution in [2.75, 3.05) is 6.54 Å². The zero-order valence-corrected chi connectivity index (χ0v) is 9.06. The van der Waals surface area contributed by atoms with E-state index in [1.54, 1.807) is 0 Å². The zero-order valence-electron chi connectivity index (χ0n) is 9.06. The summed E-state index contributed by atoms with van der Waals surface area (Å²) in [5, 5.41) is 11.1. The Hall–Kier alpha value is -0.760. The number of hydrogen-bond donors (Lipinski definition) is 1. The molecule has 0 spiro atoms. The summed E-state index contributed by atoms with van der Waals surface area (Å²) in [4.78, 5) is 0. The molecule has 88 valence electrons. The van der Waals surface area contributed by atoms with E-state index in [0.717, 1.165) is 19.3 Å². The van der Waals surface area contributed by atoms with Gasteiger partial charge in [0.15, 0.2) is 5.92 Å². The Bertz CT molecular complexity index is 208. The van der Waals surface area contributed by atoms with Crippen LogP contribution in [0.3, 0.4) is 0 Å². The molecule has 0 radical (unpaired) electrons. The fourth-order valence-electron chi connectivity index (χ4n) is 1.17. The lowest BCUT2D eigenvalue weighted by molar-refractivity contribution is -0.157. The van der Waals surface area contributed by atoms with Crippen molar-refractivity contribution in [1.29, 1.82) is 5.26 Å². The molecule has 0 fully saturated rings.